The maximum Gasteiger partial charge on any atom is 0.417 e. The zero-order valence-corrected chi connectivity index (χ0v) is 19.2. The number of pyridine rings is 2. The SMILES string of the molecule is COc1c([C@H]2[C@H](c3cc(=O)c4c(C#N)ncc(Cl)c4[nH]3)O[C@@](C)(C(F)(F)F)[C@H]2C)ccc(F)c1F. The van der Waals surface area contributed by atoms with Gasteiger partial charge in [-0.2, -0.15) is 22.8 Å². The van der Waals surface area contributed by atoms with Gasteiger partial charge in [0.2, 0.25) is 5.82 Å². The number of nitrogens with one attached hydrogen (secondary N) is 1. The molecule has 0 radical (unpaired) electrons. The number of hydrogen-bond donors (Lipinski definition) is 1. The maximum absolute atomic E-state index is 14.5. The molecule has 3 aromatic rings. The molecule has 1 fully saturated rings. The van der Waals surface area contributed by atoms with Gasteiger partial charge in [-0.15, -0.1) is 0 Å². The predicted octanol–water partition coefficient (Wildman–Crippen LogP) is 5.55. The predicted molar refractivity (Wildman–Crippen MR) is 115 cm³/mol. The minimum Gasteiger partial charge on any atom is -0.493 e. The summed E-state index contributed by atoms with van der Waals surface area (Å²) in [6.07, 6.45) is -5.20. The summed E-state index contributed by atoms with van der Waals surface area (Å²) < 4.78 is 81.5. The second-order valence-electron chi connectivity index (χ2n) is 8.35. The van der Waals surface area contributed by atoms with Gasteiger partial charge in [0.1, 0.15) is 12.2 Å². The monoisotopic (exact) mass is 513 g/mol. The van der Waals surface area contributed by atoms with Crippen molar-refractivity contribution in [2.24, 2.45) is 5.92 Å². The first-order chi connectivity index (χ1) is 16.4. The van der Waals surface area contributed by atoms with Crippen molar-refractivity contribution in [2.75, 3.05) is 7.11 Å². The standard InChI is InChI=1S/C23H17ClF5N3O3/c1-9-16(10-4-5-12(25)18(26)20(10)34-3)21(35-22(9,2)23(27,28)29)13-6-15(33)17-14(7-30)31-8-11(24)19(17)32-13/h4-6,8-9,16,21H,1-3H3,(H,32,33)/t9-,16-,21-,22+/m0/s1. The third kappa shape index (κ3) is 3.72. The molecule has 12 heteroatoms. The first-order valence-corrected chi connectivity index (χ1v) is 10.6. The molecule has 3 heterocycles. The molecular weight excluding hydrogens is 497 g/mol. The van der Waals surface area contributed by atoms with E-state index < -0.39 is 52.5 Å². The van der Waals surface area contributed by atoms with Gasteiger partial charge < -0.3 is 14.5 Å². The molecule has 0 aliphatic carbocycles. The third-order valence-electron chi connectivity index (χ3n) is 6.56. The molecule has 2 aromatic heterocycles. The number of benzene rings is 1. The Kier molecular flexibility index (Phi) is 6.02. The van der Waals surface area contributed by atoms with Gasteiger partial charge in [0.05, 0.1) is 23.0 Å². The first-order valence-electron chi connectivity index (χ1n) is 10.2. The average Bonchev–Trinajstić information content (AvgIpc) is 3.08. The Hall–Kier alpha value is -3.23. The maximum atomic E-state index is 14.5. The highest BCUT2D eigenvalue weighted by Crippen LogP contribution is 2.59. The molecule has 184 valence electrons. The topological polar surface area (TPSA) is 88.0 Å². The summed E-state index contributed by atoms with van der Waals surface area (Å²) >= 11 is 6.16. The van der Waals surface area contributed by atoms with E-state index in [4.69, 9.17) is 21.1 Å². The number of ether oxygens (including phenoxy) is 2. The summed E-state index contributed by atoms with van der Waals surface area (Å²) in [7, 11) is 1.06. The van der Waals surface area contributed by atoms with Crippen LogP contribution >= 0.6 is 11.6 Å². The second kappa shape index (κ2) is 8.46. The third-order valence-corrected chi connectivity index (χ3v) is 6.85. The molecule has 0 amide bonds. The number of aromatic amines is 1. The Morgan fingerprint density at radius 2 is 2.00 bits per heavy atom. The van der Waals surface area contributed by atoms with E-state index in [1.807, 2.05) is 0 Å². The highest BCUT2D eigenvalue weighted by atomic mass is 35.5. The summed E-state index contributed by atoms with van der Waals surface area (Å²) in [4.78, 5) is 19.5. The molecule has 1 N–H and O–H groups in total. The van der Waals surface area contributed by atoms with Crippen molar-refractivity contribution in [1.29, 1.82) is 5.26 Å². The summed E-state index contributed by atoms with van der Waals surface area (Å²) in [6, 6.07) is 4.66. The lowest BCUT2D eigenvalue weighted by molar-refractivity contribution is -0.275. The van der Waals surface area contributed by atoms with Crippen LogP contribution in [0, 0.1) is 28.9 Å². The molecule has 1 aliphatic rings. The summed E-state index contributed by atoms with van der Waals surface area (Å²) in [5.74, 6) is -5.73. The Morgan fingerprint density at radius 1 is 1.31 bits per heavy atom. The lowest BCUT2D eigenvalue weighted by Gasteiger charge is -2.32. The van der Waals surface area contributed by atoms with Crippen molar-refractivity contribution in [2.45, 2.75) is 37.6 Å². The number of fused-ring (bicyclic) bond motifs is 1. The molecule has 0 bridgehead atoms. The molecule has 0 saturated carbocycles. The Bertz CT molecular complexity index is 1440. The van der Waals surface area contributed by atoms with Crippen LogP contribution in [0.2, 0.25) is 5.02 Å². The van der Waals surface area contributed by atoms with Crippen LogP contribution in [0.25, 0.3) is 10.9 Å². The fourth-order valence-electron chi connectivity index (χ4n) is 4.56. The molecule has 6 nitrogen and oxygen atoms in total. The van der Waals surface area contributed by atoms with Gasteiger partial charge in [0.25, 0.3) is 0 Å². The summed E-state index contributed by atoms with van der Waals surface area (Å²) in [6.45, 7) is 2.11. The lowest BCUT2D eigenvalue weighted by Crippen LogP contribution is -2.46. The number of hydrogen-bond acceptors (Lipinski definition) is 5. The van der Waals surface area contributed by atoms with Crippen molar-refractivity contribution >= 4 is 22.5 Å². The van der Waals surface area contributed by atoms with Crippen LogP contribution in [-0.4, -0.2) is 28.9 Å². The number of alkyl halides is 3. The highest BCUT2D eigenvalue weighted by molar-refractivity contribution is 6.35. The van der Waals surface area contributed by atoms with Crippen LogP contribution in [0.3, 0.4) is 0 Å². The van der Waals surface area contributed by atoms with Crippen molar-refractivity contribution in [3.8, 4) is 11.8 Å². The Balaban J connectivity index is 2.01. The molecule has 35 heavy (non-hydrogen) atoms. The van der Waals surface area contributed by atoms with Crippen molar-refractivity contribution in [3.63, 3.8) is 0 Å². The van der Waals surface area contributed by atoms with E-state index in [2.05, 4.69) is 9.97 Å². The molecule has 1 aromatic carbocycles. The lowest BCUT2D eigenvalue weighted by atomic mass is 9.76. The summed E-state index contributed by atoms with van der Waals surface area (Å²) in [5.41, 5.74) is -3.87. The number of H-pyrrole nitrogens is 1. The van der Waals surface area contributed by atoms with Gasteiger partial charge in [-0.05, 0) is 13.0 Å². The van der Waals surface area contributed by atoms with Crippen LogP contribution in [-0.2, 0) is 4.74 Å². The minimum atomic E-state index is -4.85. The number of halogens is 6. The van der Waals surface area contributed by atoms with Crippen LogP contribution in [0.5, 0.6) is 5.75 Å². The van der Waals surface area contributed by atoms with E-state index in [-0.39, 0.29) is 32.9 Å². The number of rotatable bonds is 3. The van der Waals surface area contributed by atoms with Crippen LogP contribution < -0.4 is 10.2 Å². The number of nitriles is 1. The van der Waals surface area contributed by atoms with Crippen LogP contribution in [0.1, 0.15) is 42.8 Å². The first kappa shape index (κ1) is 24.9. The van der Waals surface area contributed by atoms with E-state index in [1.165, 1.54) is 6.92 Å². The van der Waals surface area contributed by atoms with Crippen molar-refractivity contribution < 1.29 is 31.4 Å². The van der Waals surface area contributed by atoms with Gasteiger partial charge in [0, 0.05) is 35.4 Å². The quantitative estimate of drug-likeness (QED) is 0.464. The number of aromatic nitrogens is 2. The molecule has 4 atom stereocenters. The van der Waals surface area contributed by atoms with E-state index in [0.717, 1.165) is 38.4 Å². The van der Waals surface area contributed by atoms with E-state index in [0.29, 0.717) is 0 Å². The normalized spacial score (nSPS) is 24.5. The van der Waals surface area contributed by atoms with E-state index in [9.17, 15) is 32.0 Å². The second-order valence-corrected chi connectivity index (χ2v) is 8.75. The molecule has 1 saturated heterocycles. The summed E-state index contributed by atoms with van der Waals surface area (Å²) in [5, 5.41) is 9.09. The van der Waals surface area contributed by atoms with Crippen LogP contribution in [0.15, 0.2) is 29.2 Å². The van der Waals surface area contributed by atoms with Crippen molar-refractivity contribution in [3.05, 3.63) is 68.2 Å². The van der Waals surface area contributed by atoms with Gasteiger partial charge in [-0.1, -0.05) is 24.6 Å². The molecule has 4 rings (SSSR count). The zero-order valence-electron chi connectivity index (χ0n) is 18.4. The number of methoxy groups -OCH3 is 1. The minimum absolute atomic E-state index is 0.0198. The van der Waals surface area contributed by atoms with E-state index in [1.54, 1.807) is 6.07 Å². The van der Waals surface area contributed by atoms with Gasteiger partial charge in [-0.25, -0.2) is 9.37 Å². The molecule has 0 unspecified atom stereocenters. The van der Waals surface area contributed by atoms with Gasteiger partial charge >= 0.3 is 6.18 Å². The molecule has 1 aliphatic heterocycles. The molecule has 0 spiro atoms. The fraction of sp³-hybridized carbons (Fsp3) is 0.348. The van der Waals surface area contributed by atoms with Crippen LogP contribution in [0.4, 0.5) is 22.0 Å². The van der Waals surface area contributed by atoms with Crippen molar-refractivity contribution in [1.82, 2.24) is 9.97 Å². The van der Waals surface area contributed by atoms with Gasteiger partial charge in [-0.3, -0.25) is 4.79 Å². The Morgan fingerprint density at radius 3 is 2.60 bits per heavy atom. The largest absolute Gasteiger partial charge is 0.493 e. The fourth-order valence-corrected chi connectivity index (χ4v) is 4.75. The van der Waals surface area contributed by atoms with Gasteiger partial charge in [0.15, 0.2) is 28.3 Å². The Labute approximate surface area is 200 Å². The highest BCUT2D eigenvalue weighted by Gasteiger charge is 2.65. The molecular formula is C23H17ClF5N3O3. The number of nitrogens with zero attached hydrogens (tertiary/aromatic N) is 2. The smallest absolute Gasteiger partial charge is 0.417 e. The zero-order chi connectivity index (χ0) is 25.9. The average molecular weight is 514 g/mol. The van der Waals surface area contributed by atoms with E-state index >= 15 is 0 Å².